The molecular formula is C22H25N3O3. The van der Waals surface area contributed by atoms with Crippen LogP contribution in [0.1, 0.15) is 37.1 Å². The van der Waals surface area contributed by atoms with Crippen molar-refractivity contribution in [3.63, 3.8) is 0 Å². The highest BCUT2D eigenvalue weighted by molar-refractivity contribution is 5.91. The van der Waals surface area contributed by atoms with Crippen molar-refractivity contribution in [2.45, 2.75) is 40.7 Å². The Balaban J connectivity index is 1.78. The van der Waals surface area contributed by atoms with E-state index in [0.29, 0.717) is 35.1 Å². The van der Waals surface area contributed by atoms with Gasteiger partial charge < -0.3 is 10.1 Å². The molecule has 0 unspecified atom stereocenters. The molecule has 6 heteroatoms. The van der Waals surface area contributed by atoms with Crippen molar-refractivity contribution in [2.75, 3.05) is 5.32 Å². The SMILES string of the molecule is Cc1ccc(NC(=O)CC(C)C)cc1OCc1cc(=O)n2cccc(C)c2n1. The van der Waals surface area contributed by atoms with Crippen LogP contribution in [0.15, 0.2) is 47.4 Å². The lowest BCUT2D eigenvalue weighted by atomic mass is 10.1. The van der Waals surface area contributed by atoms with Crippen LogP contribution in [0.4, 0.5) is 5.69 Å². The first-order chi connectivity index (χ1) is 13.3. The Labute approximate surface area is 164 Å². The highest BCUT2D eigenvalue weighted by Gasteiger charge is 2.09. The second kappa shape index (κ2) is 8.25. The van der Waals surface area contributed by atoms with Crippen molar-refractivity contribution < 1.29 is 9.53 Å². The largest absolute Gasteiger partial charge is 0.487 e. The molecule has 28 heavy (non-hydrogen) atoms. The van der Waals surface area contributed by atoms with Crippen LogP contribution >= 0.6 is 0 Å². The molecule has 2 heterocycles. The van der Waals surface area contributed by atoms with Gasteiger partial charge in [-0.25, -0.2) is 4.98 Å². The molecule has 0 saturated carbocycles. The first-order valence-electron chi connectivity index (χ1n) is 9.34. The minimum absolute atomic E-state index is 0.0236. The predicted molar refractivity (Wildman–Crippen MR) is 110 cm³/mol. The number of benzene rings is 1. The summed E-state index contributed by atoms with van der Waals surface area (Å²) in [5.41, 5.74) is 3.60. The number of fused-ring (bicyclic) bond motifs is 1. The van der Waals surface area contributed by atoms with E-state index in [9.17, 15) is 9.59 Å². The minimum Gasteiger partial charge on any atom is -0.487 e. The van der Waals surface area contributed by atoms with Crippen LogP contribution < -0.4 is 15.6 Å². The molecule has 3 aromatic rings. The number of rotatable bonds is 6. The zero-order valence-corrected chi connectivity index (χ0v) is 16.7. The van der Waals surface area contributed by atoms with Crippen LogP contribution in [-0.4, -0.2) is 15.3 Å². The van der Waals surface area contributed by atoms with Gasteiger partial charge in [-0.15, -0.1) is 0 Å². The fraction of sp³-hybridized carbons (Fsp3) is 0.318. The molecule has 0 aliphatic rings. The van der Waals surface area contributed by atoms with Gasteiger partial charge in [-0.1, -0.05) is 26.0 Å². The Morgan fingerprint density at radius 3 is 2.71 bits per heavy atom. The Hall–Kier alpha value is -3.15. The third kappa shape index (κ3) is 4.57. The molecule has 2 aromatic heterocycles. The lowest BCUT2D eigenvalue weighted by molar-refractivity contribution is -0.116. The van der Waals surface area contributed by atoms with E-state index in [-0.39, 0.29) is 18.1 Å². The number of aromatic nitrogens is 2. The van der Waals surface area contributed by atoms with Crippen LogP contribution in [0.3, 0.4) is 0 Å². The fourth-order valence-corrected chi connectivity index (χ4v) is 2.95. The van der Waals surface area contributed by atoms with Gasteiger partial charge in [-0.3, -0.25) is 14.0 Å². The summed E-state index contributed by atoms with van der Waals surface area (Å²) in [6.45, 7) is 8.03. The van der Waals surface area contributed by atoms with Crippen molar-refractivity contribution in [1.82, 2.24) is 9.38 Å². The summed E-state index contributed by atoms with van der Waals surface area (Å²) >= 11 is 0. The van der Waals surface area contributed by atoms with Gasteiger partial charge in [-0.2, -0.15) is 0 Å². The van der Waals surface area contributed by atoms with Crippen LogP contribution in [0.5, 0.6) is 5.75 Å². The Morgan fingerprint density at radius 2 is 1.96 bits per heavy atom. The van der Waals surface area contributed by atoms with Gasteiger partial charge in [0.05, 0.1) is 5.69 Å². The molecule has 1 N–H and O–H groups in total. The van der Waals surface area contributed by atoms with E-state index in [1.165, 1.54) is 10.5 Å². The highest BCUT2D eigenvalue weighted by atomic mass is 16.5. The number of nitrogens with one attached hydrogen (secondary N) is 1. The lowest BCUT2D eigenvalue weighted by Crippen LogP contribution is -2.17. The minimum atomic E-state index is -0.140. The second-order valence-corrected chi connectivity index (χ2v) is 7.39. The number of hydrogen-bond acceptors (Lipinski definition) is 4. The molecule has 0 aliphatic carbocycles. The van der Waals surface area contributed by atoms with Gasteiger partial charge in [0.2, 0.25) is 5.91 Å². The molecule has 0 radical (unpaired) electrons. The van der Waals surface area contributed by atoms with Gasteiger partial charge in [-0.05, 0) is 43.0 Å². The van der Waals surface area contributed by atoms with Gasteiger partial charge in [0.25, 0.3) is 5.56 Å². The maximum absolute atomic E-state index is 12.3. The third-order valence-electron chi connectivity index (χ3n) is 4.38. The molecular weight excluding hydrogens is 354 g/mol. The summed E-state index contributed by atoms with van der Waals surface area (Å²) in [5.74, 6) is 0.918. The topological polar surface area (TPSA) is 72.7 Å². The van der Waals surface area contributed by atoms with E-state index in [2.05, 4.69) is 10.3 Å². The van der Waals surface area contributed by atoms with E-state index >= 15 is 0 Å². The second-order valence-electron chi connectivity index (χ2n) is 7.39. The van der Waals surface area contributed by atoms with Crippen molar-refractivity contribution in [3.8, 4) is 5.75 Å². The van der Waals surface area contributed by atoms with E-state index < -0.39 is 0 Å². The number of carbonyl (C=O) groups is 1. The Morgan fingerprint density at radius 1 is 1.18 bits per heavy atom. The molecule has 0 aliphatic heterocycles. The third-order valence-corrected chi connectivity index (χ3v) is 4.38. The van der Waals surface area contributed by atoms with Gasteiger partial charge in [0, 0.05) is 30.4 Å². The van der Waals surface area contributed by atoms with Crippen LogP contribution in [0.25, 0.3) is 5.65 Å². The number of ether oxygens (including phenoxy) is 1. The first kappa shape index (κ1) is 19.6. The van der Waals surface area contributed by atoms with E-state index in [0.717, 1.165) is 11.1 Å². The molecule has 1 aromatic carbocycles. The molecule has 1 amide bonds. The average Bonchev–Trinajstić information content (AvgIpc) is 2.62. The number of carbonyl (C=O) groups excluding carboxylic acids is 1. The zero-order valence-electron chi connectivity index (χ0n) is 16.7. The summed E-state index contributed by atoms with van der Waals surface area (Å²) < 4.78 is 7.43. The van der Waals surface area contributed by atoms with E-state index in [4.69, 9.17) is 4.74 Å². The number of hydrogen-bond donors (Lipinski definition) is 1. The predicted octanol–water partition coefficient (Wildman–Crippen LogP) is 3.87. The molecule has 0 bridgehead atoms. The van der Waals surface area contributed by atoms with Gasteiger partial charge >= 0.3 is 0 Å². The number of aryl methyl sites for hydroxylation is 2. The number of pyridine rings is 1. The van der Waals surface area contributed by atoms with Crippen molar-refractivity contribution in [2.24, 2.45) is 5.92 Å². The summed E-state index contributed by atoms with van der Waals surface area (Å²) in [7, 11) is 0. The van der Waals surface area contributed by atoms with Crippen molar-refractivity contribution in [3.05, 3.63) is 69.8 Å². The molecule has 0 spiro atoms. The molecule has 3 rings (SSSR count). The van der Waals surface area contributed by atoms with Crippen LogP contribution in [0, 0.1) is 19.8 Å². The summed E-state index contributed by atoms with van der Waals surface area (Å²) in [4.78, 5) is 28.9. The molecule has 146 valence electrons. The first-order valence-corrected chi connectivity index (χ1v) is 9.34. The van der Waals surface area contributed by atoms with Crippen molar-refractivity contribution >= 4 is 17.2 Å². The quantitative estimate of drug-likeness (QED) is 0.705. The maximum atomic E-state index is 12.3. The smallest absolute Gasteiger partial charge is 0.258 e. The zero-order chi connectivity index (χ0) is 20.3. The molecule has 0 fully saturated rings. The van der Waals surface area contributed by atoms with E-state index in [1.807, 2.05) is 52.0 Å². The standard InChI is InChI=1S/C22H25N3O3/c1-14(2)10-20(26)23-17-8-7-15(3)19(11-17)28-13-18-12-21(27)25-9-5-6-16(4)22(25)24-18/h5-9,11-12,14H,10,13H2,1-4H3,(H,23,26). The monoisotopic (exact) mass is 379 g/mol. The molecule has 0 saturated heterocycles. The molecule has 0 atom stereocenters. The Kier molecular flexibility index (Phi) is 5.78. The van der Waals surface area contributed by atoms with Crippen molar-refractivity contribution in [1.29, 1.82) is 0 Å². The number of nitrogens with zero attached hydrogens (tertiary/aromatic N) is 2. The summed E-state index contributed by atoms with van der Waals surface area (Å²) in [6, 6.07) is 10.8. The Bertz CT molecular complexity index is 1070. The fourth-order valence-electron chi connectivity index (χ4n) is 2.95. The maximum Gasteiger partial charge on any atom is 0.258 e. The number of anilines is 1. The average molecular weight is 379 g/mol. The lowest BCUT2D eigenvalue weighted by Gasteiger charge is -2.13. The van der Waals surface area contributed by atoms with Gasteiger partial charge in [0.15, 0.2) is 0 Å². The normalized spacial score (nSPS) is 11.0. The van der Waals surface area contributed by atoms with Gasteiger partial charge in [0.1, 0.15) is 18.0 Å². The van der Waals surface area contributed by atoms with E-state index in [1.54, 1.807) is 12.3 Å². The van der Waals surface area contributed by atoms with Crippen LogP contribution in [0.2, 0.25) is 0 Å². The number of amides is 1. The van der Waals surface area contributed by atoms with Crippen LogP contribution in [-0.2, 0) is 11.4 Å². The highest BCUT2D eigenvalue weighted by Crippen LogP contribution is 2.24. The summed E-state index contributed by atoms with van der Waals surface area (Å²) in [6.07, 6.45) is 2.17. The summed E-state index contributed by atoms with van der Waals surface area (Å²) in [5, 5.41) is 2.89. The molecule has 6 nitrogen and oxygen atoms in total.